The standard InChI is InChI=1S/C17H15BrFN3.C17H16BrFN2O.CH2Cl2.U.V/c18-14-2-5-15(6-3-14)21-7-9-22(10-8-21)16-4-1-13(12-20)17(19)11-16;18-14-2-5-15(6-3-14)20-7-9-21(10-8-20)16-4-1-13(12-22)17(19)11-16;2-1-3;;/h1-6,11H,7-10H2;1-6,11-12H,7-10H2;1H2;;. The summed E-state index contributed by atoms with van der Waals surface area (Å²) < 4.78 is 29.6. The maximum atomic E-state index is 13.7. The number of alkyl halides is 2. The zero-order valence-corrected chi connectivity index (χ0v) is 36.6. The molecule has 0 aliphatic carbocycles. The molecule has 1 radical (unpaired) electrons. The van der Waals surface area contributed by atoms with Gasteiger partial charge in [-0.1, -0.05) is 31.9 Å². The molecule has 0 spiro atoms. The van der Waals surface area contributed by atoms with Crippen molar-refractivity contribution in [3.05, 3.63) is 117 Å². The summed E-state index contributed by atoms with van der Waals surface area (Å²) in [6.07, 6.45) is 0.546. The van der Waals surface area contributed by atoms with Crippen LogP contribution >= 0.6 is 55.1 Å². The average Bonchev–Trinajstić information content (AvgIpc) is 3.10. The van der Waals surface area contributed by atoms with Gasteiger partial charge in [0.05, 0.1) is 16.5 Å². The van der Waals surface area contributed by atoms with E-state index in [9.17, 15) is 13.6 Å². The van der Waals surface area contributed by atoms with Crippen molar-refractivity contribution in [2.45, 2.75) is 0 Å². The van der Waals surface area contributed by atoms with Gasteiger partial charge in [-0.2, -0.15) is 5.26 Å². The van der Waals surface area contributed by atoms with Crippen molar-refractivity contribution in [1.29, 1.82) is 5.26 Å². The number of nitrogens with zero attached hydrogens (tertiary/aromatic N) is 5. The quantitative estimate of drug-likeness (QED) is 0.147. The first-order valence-electron chi connectivity index (χ1n) is 14.8. The van der Waals surface area contributed by atoms with E-state index in [1.807, 2.05) is 42.5 Å². The van der Waals surface area contributed by atoms with Crippen molar-refractivity contribution in [1.82, 2.24) is 0 Å². The van der Waals surface area contributed by atoms with Gasteiger partial charge in [-0.25, -0.2) is 8.78 Å². The van der Waals surface area contributed by atoms with Crippen LogP contribution in [0.5, 0.6) is 0 Å². The molecule has 4 aromatic carbocycles. The summed E-state index contributed by atoms with van der Waals surface area (Å²) in [4.78, 5) is 19.6. The minimum absolute atomic E-state index is 0. The summed E-state index contributed by atoms with van der Waals surface area (Å²) in [6, 6.07) is 28.0. The maximum absolute atomic E-state index is 13.7. The molecule has 0 N–H and O–H groups in total. The Balaban J connectivity index is 0.000000304. The molecule has 6 rings (SSSR count). The van der Waals surface area contributed by atoms with E-state index >= 15 is 0 Å². The molecule has 2 saturated heterocycles. The summed E-state index contributed by atoms with van der Waals surface area (Å²) in [7, 11) is 0. The zero-order valence-electron chi connectivity index (χ0n) is 26.4. The number of benzene rings is 4. The third-order valence-corrected chi connectivity index (χ3v) is 8.91. The first kappa shape index (κ1) is 43.4. The molecule has 2 fully saturated rings. The van der Waals surface area contributed by atoms with E-state index < -0.39 is 11.6 Å². The summed E-state index contributed by atoms with van der Waals surface area (Å²) in [5.74, 6) is -0.904. The van der Waals surface area contributed by atoms with Crippen LogP contribution in [0.2, 0.25) is 0 Å². The first-order chi connectivity index (χ1) is 22.8. The van der Waals surface area contributed by atoms with Crippen LogP contribution < -0.4 is 19.6 Å². The van der Waals surface area contributed by atoms with Crippen LogP contribution in [0.1, 0.15) is 15.9 Å². The van der Waals surface area contributed by atoms with Gasteiger partial charge in [0.25, 0.3) is 0 Å². The van der Waals surface area contributed by atoms with E-state index in [1.54, 1.807) is 12.1 Å². The third-order valence-electron chi connectivity index (χ3n) is 7.86. The second-order valence-electron chi connectivity index (χ2n) is 10.6. The molecule has 0 atom stereocenters. The summed E-state index contributed by atoms with van der Waals surface area (Å²) in [5, 5.41) is 8.98. The smallest absolute Gasteiger partial charge is 0.152 e. The van der Waals surface area contributed by atoms with E-state index in [2.05, 4.69) is 75.7 Å². The van der Waals surface area contributed by atoms with Gasteiger partial charge >= 0.3 is 0 Å². The van der Waals surface area contributed by atoms with E-state index in [0.717, 1.165) is 72.7 Å². The van der Waals surface area contributed by atoms with Gasteiger partial charge in [-0.15, -0.1) is 23.2 Å². The van der Waals surface area contributed by atoms with E-state index in [4.69, 9.17) is 28.5 Å². The van der Waals surface area contributed by atoms with Crippen molar-refractivity contribution < 1.29 is 63.2 Å². The van der Waals surface area contributed by atoms with Crippen molar-refractivity contribution in [3.63, 3.8) is 0 Å². The average molecular weight is 1100 g/mol. The molecule has 0 bridgehead atoms. The fourth-order valence-corrected chi connectivity index (χ4v) is 5.88. The Morgan fingerprint density at radius 1 is 0.633 bits per heavy atom. The number of piperazine rings is 2. The molecule has 2 heterocycles. The number of halogens is 6. The molecule has 255 valence electrons. The molecule has 2 aliphatic rings. The predicted octanol–water partition coefficient (Wildman–Crippen LogP) is 8.93. The Hall–Kier alpha value is -1.72. The summed E-state index contributed by atoms with van der Waals surface area (Å²) in [6.45, 7) is 6.89. The maximum Gasteiger partial charge on any atom is 0.152 e. The Bertz CT molecular complexity index is 1660. The Morgan fingerprint density at radius 2 is 0.959 bits per heavy atom. The number of aldehydes is 1. The molecule has 0 amide bonds. The minimum atomic E-state index is -0.456. The number of hydrogen-bond donors (Lipinski definition) is 0. The predicted molar refractivity (Wildman–Crippen MR) is 197 cm³/mol. The second-order valence-corrected chi connectivity index (χ2v) is 13.2. The minimum Gasteiger partial charge on any atom is -0.368 e. The second kappa shape index (κ2) is 22.3. The van der Waals surface area contributed by atoms with Gasteiger partial charge < -0.3 is 19.6 Å². The topological polar surface area (TPSA) is 53.8 Å². The molecule has 14 heteroatoms. The number of rotatable bonds is 5. The number of carbonyl (C=O) groups is 1. The van der Waals surface area contributed by atoms with Crippen LogP contribution in [0.4, 0.5) is 31.5 Å². The van der Waals surface area contributed by atoms with E-state index in [0.29, 0.717) is 6.29 Å². The van der Waals surface area contributed by atoms with Gasteiger partial charge in [-0.05, 0) is 84.9 Å². The Kier molecular flexibility index (Phi) is 19.7. The fourth-order valence-electron chi connectivity index (χ4n) is 5.35. The first-order valence-corrected chi connectivity index (χ1v) is 17.5. The Morgan fingerprint density at radius 3 is 1.29 bits per heavy atom. The Labute approximate surface area is 349 Å². The largest absolute Gasteiger partial charge is 0.368 e. The van der Waals surface area contributed by atoms with E-state index in [-0.39, 0.29) is 66.1 Å². The van der Waals surface area contributed by atoms with Crippen molar-refractivity contribution in [2.24, 2.45) is 0 Å². The number of hydrogen-bond acceptors (Lipinski definition) is 6. The van der Waals surface area contributed by atoms with Crippen LogP contribution in [0.25, 0.3) is 0 Å². The fraction of sp³-hybridized carbons (Fsp3) is 0.257. The molecule has 49 heavy (non-hydrogen) atoms. The van der Waals surface area contributed by atoms with Crippen molar-refractivity contribution in [2.75, 3.05) is 77.3 Å². The summed E-state index contributed by atoms with van der Waals surface area (Å²) in [5.41, 5.74) is 4.28. The SMILES string of the molecule is ClCCl.N#Cc1ccc(N2CCN(c3ccc(Br)cc3)CC2)cc1F.O=Cc1ccc(N2CCN(c3ccc(Br)cc3)CC2)cc1F.[U].[V]. The molecule has 0 unspecified atom stereocenters. The van der Waals surface area contributed by atoms with Gasteiger partial charge in [0.1, 0.15) is 17.7 Å². The molecule has 6 nitrogen and oxygen atoms in total. The van der Waals surface area contributed by atoms with Crippen LogP contribution in [0.3, 0.4) is 0 Å². The van der Waals surface area contributed by atoms with Gasteiger partial charge in [0, 0.05) is 134 Å². The van der Waals surface area contributed by atoms with Gasteiger partial charge in [-0.3, -0.25) is 4.79 Å². The third kappa shape index (κ3) is 12.8. The van der Waals surface area contributed by atoms with Crippen molar-refractivity contribution >= 4 is 84.1 Å². The molecule has 2 aliphatic heterocycles. The summed E-state index contributed by atoms with van der Waals surface area (Å²) >= 11 is 16.4. The van der Waals surface area contributed by atoms with Crippen LogP contribution in [0.15, 0.2) is 93.9 Å². The number of carbonyl (C=O) groups excluding carboxylic acids is 1. The van der Waals surface area contributed by atoms with Crippen LogP contribution in [0, 0.1) is 54.1 Å². The zero-order chi connectivity index (χ0) is 33.8. The molecule has 4 aromatic rings. The number of anilines is 4. The normalized spacial score (nSPS) is 13.7. The van der Waals surface area contributed by atoms with Gasteiger partial charge in [0.2, 0.25) is 0 Å². The van der Waals surface area contributed by atoms with Crippen LogP contribution in [-0.2, 0) is 18.6 Å². The van der Waals surface area contributed by atoms with Gasteiger partial charge in [0.15, 0.2) is 6.29 Å². The van der Waals surface area contributed by atoms with Crippen molar-refractivity contribution in [3.8, 4) is 6.07 Å². The van der Waals surface area contributed by atoms with Crippen LogP contribution in [-0.4, -0.2) is 64.0 Å². The molecule has 0 aromatic heterocycles. The monoisotopic (exact) mass is 1090 g/mol. The number of nitriles is 1. The molecule has 0 saturated carbocycles. The molecular formula is C35H33Br2Cl2F2N5OUV. The van der Waals surface area contributed by atoms with E-state index in [1.165, 1.54) is 23.5 Å². The molecular weight excluding hydrogens is 1060 g/mol.